The van der Waals surface area contributed by atoms with Crippen LogP contribution in [0, 0.1) is 13.8 Å². The van der Waals surface area contributed by atoms with E-state index >= 15 is 0 Å². The lowest BCUT2D eigenvalue weighted by Crippen LogP contribution is -1.96. The summed E-state index contributed by atoms with van der Waals surface area (Å²) in [5.41, 5.74) is 5.00. The third kappa shape index (κ3) is 2.07. The van der Waals surface area contributed by atoms with Gasteiger partial charge in [0.25, 0.3) is 0 Å². The van der Waals surface area contributed by atoms with Crippen molar-refractivity contribution in [2.45, 2.75) is 26.8 Å². The molecule has 0 fully saturated rings. The second kappa shape index (κ2) is 4.35. The van der Waals surface area contributed by atoms with Crippen LogP contribution in [0.2, 0.25) is 0 Å². The quantitative estimate of drug-likeness (QED) is 0.779. The molecule has 2 rings (SSSR count). The molecule has 0 amide bonds. The fraction of sp³-hybridized carbons (Fsp3) is 0.417. The highest BCUT2D eigenvalue weighted by Crippen LogP contribution is 2.18. The van der Waals surface area contributed by atoms with Crippen LogP contribution in [0.4, 0.5) is 0 Å². The molecule has 2 aromatic rings. The lowest BCUT2D eigenvalue weighted by molar-refractivity contribution is 0.704. The van der Waals surface area contributed by atoms with E-state index in [-0.39, 0.29) is 0 Å². The van der Waals surface area contributed by atoms with Crippen molar-refractivity contribution in [2.75, 3.05) is 5.33 Å². The van der Waals surface area contributed by atoms with Gasteiger partial charge in [-0.05, 0) is 43.5 Å². The molecule has 0 unspecified atom stereocenters. The summed E-state index contributed by atoms with van der Waals surface area (Å²) in [7, 11) is 0. The zero-order valence-corrected chi connectivity index (χ0v) is 10.7. The summed E-state index contributed by atoms with van der Waals surface area (Å²) in [4.78, 5) is 4.42. The van der Waals surface area contributed by atoms with Crippen LogP contribution in [-0.4, -0.2) is 14.9 Å². The standard InChI is InChI=1S/C12H15BrN2/c1-9-6-11-12(7-10(9)2)15(8-14-11)5-3-4-13/h6-8H,3-5H2,1-2H3. The Balaban J connectivity index is 2.45. The number of halogens is 1. The first-order chi connectivity index (χ1) is 7.22. The van der Waals surface area contributed by atoms with E-state index in [1.165, 1.54) is 16.6 Å². The number of rotatable bonds is 3. The van der Waals surface area contributed by atoms with Gasteiger partial charge in [0.2, 0.25) is 0 Å². The Morgan fingerprint density at radius 1 is 1.27 bits per heavy atom. The largest absolute Gasteiger partial charge is 0.331 e. The van der Waals surface area contributed by atoms with Crippen LogP contribution < -0.4 is 0 Å². The minimum absolute atomic E-state index is 1.03. The lowest BCUT2D eigenvalue weighted by atomic mass is 10.1. The molecule has 0 bridgehead atoms. The number of aromatic nitrogens is 2. The number of imidazole rings is 1. The molecule has 80 valence electrons. The molecule has 0 aliphatic heterocycles. The first-order valence-corrected chi connectivity index (χ1v) is 6.32. The van der Waals surface area contributed by atoms with E-state index < -0.39 is 0 Å². The molecule has 0 N–H and O–H groups in total. The molecular formula is C12H15BrN2. The van der Waals surface area contributed by atoms with Crippen molar-refractivity contribution in [3.63, 3.8) is 0 Å². The van der Waals surface area contributed by atoms with Gasteiger partial charge in [-0.3, -0.25) is 0 Å². The zero-order chi connectivity index (χ0) is 10.8. The van der Waals surface area contributed by atoms with Crippen molar-refractivity contribution in [1.29, 1.82) is 0 Å². The highest BCUT2D eigenvalue weighted by atomic mass is 79.9. The Morgan fingerprint density at radius 3 is 2.73 bits per heavy atom. The van der Waals surface area contributed by atoms with Gasteiger partial charge in [-0.2, -0.15) is 0 Å². The van der Waals surface area contributed by atoms with E-state index in [1.54, 1.807) is 0 Å². The molecule has 15 heavy (non-hydrogen) atoms. The molecule has 0 aliphatic rings. The average Bonchev–Trinajstić information content (AvgIpc) is 2.59. The van der Waals surface area contributed by atoms with Gasteiger partial charge in [-0.1, -0.05) is 15.9 Å². The number of hydrogen-bond acceptors (Lipinski definition) is 1. The number of hydrogen-bond donors (Lipinski definition) is 0. The first kappa shape index (κ1) is 10.7. The number of aryl methyl sites for hydroxylation is 3. The summed E-state index contributed by atoms with van der Waals surface area (Å²) in [6.07, 6.45) is 3.07. The summed E-state index contributed by atoms with van der Waals surface area (Å²) in [5, 5.41) is 1.04. The molecule has 0 aliphatic carbocycles. The second-order valence-electron chi connectivity index (χ2n) is 3.91. The van der Waals surface area contributed by atoms with Crippen molar-refractivity contribution in [2.24, 2.45) is 0 Å². The van der Waals surface area contributed by atoms with Crippen LogP contribution in [0.25, 0.3) is 11.0 Å². The van der Waals surface area contributed by atoms with Crippen molar-refractivity contribution in [3.8, 4) is 0 Å². The maximum Gasteiger partial charge on any atom is 0.0958 e. The van der Waals surface area contributed by atoms with Crippen molar-refractivity contribution >= 4 is 27.0 Å². The van der Waals surface area contributed by atoms with Crippen molar-refractivity contribution < 1.29 is 0 Å². The summed E-state index contributed by atoms with van der Waals surface area (Å²) in [6.45, 7) is 5.31. The molecule has 0 atom stereocenters. The number of fused-ring (bicyclic) bond motifs is 1. The van der Waals surface area contributed by atoms with E-state index in [0.717, 1.165) is 23.8 Å². The lowest BCUT2D eigenvalue weighted by Gasteiger charge is -2.04. The highest BCUT2D eigenvalue weighted by molar-refractivity contribution is 9.09. The molecule has 1 aromatic carbocycles. The minimum atomic E-state index is 1.03. The van der Waals surface area contributed by atoms with Gasteiger partial charge in [-0.25, -0.2) is 4.98 Å². The maximum atomic E-state index is 4.42. The number of benzene rings is 1. The van der Waals surface area contributed by atoms with Gasteiger partial charge in [-0.15, -0.1) is 0 Å². The fourth-order valence-electron chi connectivity index (χ4n) is 1.72. The summed E-state index contributed by atoms with van der Waals surface area (Å²) >= 11 is 3.45. The summed E-state index contributed by atoms with van der Waals surface area (Å²) in [5.74, 6) is 0. The van der Waals surface area contributed by atoms with E-state index in [9.17, 15) is 0 Å². The summed E-state index contributed by atoms with van der Waals surface area (Å²) < 4.78 is 2.23. The predicted molar refractivity (Wildman–Crippen MR) is 67.6 cm³/mol. The molecule has 3 heteroatoms. The molecule has 0 spiro atoms. The molecule has 1 heterocycles. The van der Waals surface area contributed by atoms with Crippen LogP contribution in [0.3, 0.4) is 0 Å². The Morgan fingerprint density at radius 2 is 2.00 bits per heavy atom. The van der Waals surface area contributed by atoms with Crippen LogP contribution in [-0.2, 0) is 6.54 Å². The SMILES string of the molecule is Cc1cc2ncn(CCCBr)c2cc1C. The van der Waals surface area contributed by atoms with Crippen LogP contribution in [0.1, 0.15) is 17.5 Å². The van der Waals surface area contributed by atoms with Crippen LogP contribution >= 0.6 is 15.9 Å². The average molecular weight is 267 g/mol. The second-order valence-corrected chi connectivity index (χ2v) is 4.70. The topological polar surface area (TPSA) is 17.8 Å². The molecule has 0 saturated heterocycles. The zero-order valence-electron chi connectivity index (χ0n) is 9.13. The molecule has 1 aromatic heterocycles. The van der Waals surface area contributed by atoms with Crippen LogP contribution in [0.15, 0.2) is 18.5 Å². The Hall–Kier alpha value is -0.830. The van der Waals surface area contributed by atoms with Gasteiger partial charge < -0.3 is 4.57 Å². The minimum Gasteiger partial charge on any atom is -0.331 e. The molecule has 0 saturated carbocycles. The highest BCUT2D eigenvalue weighted by Gasteiger charge is 2.04. The maximum absolute atomic E-state index is 4.42. The normalized spacial score (nSPS) is 11.1. The van der Waals surface area contributed by atoms with E-state index in [0.29, 0.717) is 0 Å². The van der Waals surface area contributed by atoms with Gasteiger partial charge >= 0.3 is 0 Å². The Bertz CT molecular complexity index is 474. The van der Waals surface area contributed by atoms with E-state index in [4.69, 9.17) is 0 Å². The van der Waals surface area contributed by atoms with Gasteiger partial charge in [0.15, 0.2) is 0 Å². The Kier molecular flexibility index (Phi) is 3.10. The molecular weight excluding hydrogens is 252 g/mol. The third-order valence-electron chi connectivity index (χ3n) is 2.77. The predicted octanol–water partition coefficient (Wildman–Crippen LogP) is 3.44. The number of nitrogens with zero attached hydrogens (tertiary/aromatic N) is 2. The monoisotopic (exact) mass is 266 g/mol. The Labute approximate surface area is 98.4 Å². The van der Waals surface area contributed by atoms with Crippen molar-refractivity contribution in [1.82, 2.24) is 9.55 Å². The molecule has 0 radical (unpaired) electrons. The van der Waals surface area contributed by atoms with Crippen molar-refractivity contribution in [3.05, 3.63) is 29.6 Å². The first-order valence-electron chi connectivity index (χ1n) is 5.20. The smallest absolute Gasteiger partial charge is 0.0958 e. The third-order valence-corrected chi connectivity index (χ3v) is 3.33. The number of alkyl halides is 1. The van der Waals surface area contributed by atoms with E-state index in [2.05, 4.69) is 51.5 Å². The fourth-order valence-corrected chi connectivity index (χ4v) is 1.97. The van der Waals surface area contributed by atoms with Gasteiger partial charge in [0.05, 0.1) is 17.4 Å². The summed E-state index contributed by atoms with van der Waals surface area (Å²) in [6, 6.07) is 4.39. The van der Waals surface area contributed by atoms with Gasteiger partial charge in [0, 0.05) is 11.9 Å². The van der Waals surface area contributed by atoms with Crippen LogP contribution in [0.5, 0.6) is 0 Å². The van der Waals surface area contributed by atoms with E-state index in [1.807, 2.05) is 6.33 Å². The van der Waals surface area contributed by atoms with Gasteiger partial charge in [0.1, 0.15) is 0 Å². The molecule has 2 nitrogen and oxygen atoms in total.